The van der Waals surface area contributed by atoms with E-state index in [1.54, 1.807) is 0 Å². The van der Waals surface area contributed by atoms with Gasteiger partial charge in [0.25, 0.3) is 0 Å². The molecule has 0 bridgehead atoms. The van der Waals surface area contributed by atoms with Gasteiger partial charge < -0.3 is 16.0 Å². The summed E-state index contributed by atoms with van der Waals surface area (Å²) in [6.07, 6.45) is 1.65. The average Bonchev–Trinajstić information content (AvgIpc) is 2.72. The van der Waals surface area contributed by atoms with Crippen LogP contribution in [0.3, 0.4) is 0 Å². The minimum atomic E-state index is 0.0253. The maximum atomic E-state index is 12.5. The highest BCUT2D eigenvalue weighted by atomic mass is 16.1. The molecule has 28 heavy (non-hydrogen) atoms. The molecule has 8 heteroatoms. The standard InChI is InChI=1S/C20H29N7O/c1-14(17-23-19(21)25-20(24-17)26(2)3)27-11-9-16(10-12-27)18(28)22-13-15-7-5-4-6-8-15/h4-8,14,16H,9-13H2,1-3H3,(H,22,28)(H2,21,23,24,25)/t14-/m1/s1. The zero-order valence-corrected chi connectivity index (χ0v) is 16.8. The van der Waals surface area contributed by atoms with E-state index in [4.69, 9.17) is 5.73 Å². The van der Waals surface area contributed by atoms with Crippen LogP contribution in [0.2, 0.25) is 0 Å². The fraction of sp³-hybridized carbons (Fsp3) is 0.500. The number of amides is 1. The van der Waals surface area contributed by atoms with Gasteiger partial charge in [-0.05, 0) is 38.4 Å². The van der Waals surface area contributed by atoms with Crippen LogP contribution in [0.1, 0.15) is 37.2 Å². The summed E-state index contributed by atoms with van der Waals surface area (Å²) in [4.78, 5) is 29.6. The quantitative estimate of drug-likeness (QED) is 0.781. The largest absolute Gasteiger partial charge is 0.368 e. The second-order valence-electron chi connectivity index (χ2n) is 7.44. The number of benzene rings is 1. The number of nitrogens with one attached hydrogen (secondary N) is 1. The molecule has 0 aliphatic carbocycles. The van der Waals surface area contributed by atoms with Crippen molar-refractivity contribution < 1.29 is 4.79 Å². The normalized spacial score (nSPS) is 16.5. The third-order valence-corrected chi connectivity index (χ3v) is 5.19. The molecule has 3 rings (SSSR count). The molecule has 1 aromatic heterocycles. The van der Waals surface area contributed by atoms with E-state index in [-0.39, 0.29) is 23.8 Å². The maximum Gasteiger partial charge on any atom is 0.229 e. The zero-order chi connectivity index (χ0) is 20.1. The number of likely N-dealkylation sites (tertiary alicyclic amines) is 1. The summed E-state index contributed by atoms with van der Waals surface area (Å²) in [5.41, 5.74) is 6.96. The van der Waals surface area contributed by atoms with Crippen molar-refractivity contribution in [1.29, 1.82) is 0 Å². The van der Waals surface area contributed by atoms with Gasteiger partial charge in [-0.15, -0.1) is 0 Å². The van der Waals surface area contributed by atoms with Crippen molar-refractivity contribution in [2.45, 2.75) is 32.4 Å². The number of nitrogens with zero attached hydrogens (tertiary/aromatic N) is 5. The fourth-order valence-corrected chi connectivity index (χ4v) is 3.43. The molecule has 1 aliphatic rings. The van der Waals surface area contributed by atoms with E-state index >= 15 is 0 Å². The lowest BCUT2D eigenvalue weighted by Crippen LogP contribution is -2.41. The molecule has 0 radical (unpaired) electrons. The average molecular weight is 384 g/mol. The molecule has 1 aliphatic heterocycles. The molecule has 1 saturated heterocycles. The Bertz CT molecular complexity index is 788. The van der Waals surface area contributed by atoms with E-state index in [9.17, 15) is 4.79 Å². The number of nitrogens with two attached hydrogens (primary N) is 1. The second-order valence-corrected chi connectivity index (χ2v) is 7.44. The summed E-state index contributed by atoms with van der Waals surface area (Å²) in [5, 5.41) is 3.06. The molecule has 1 aromatic carbocycles. The van der Waals surface area contributed by atoms with Crippen molar-refractivity contribution in [3.05, 3.63) is 41.7 Å². The van der Waals surface area contributed by atoms with Crippen molar-refractivity contribution >= 4 is 17.8 Å². The Hall–Kier alpha value is -2.74. The first-order valence-electron chi connectivity index (χ1n) is 9.68. The third kappa shape index (κ3) is 4.95. The van der Waals surface area contributed by atoms with Gasteiger partial charge in [0.2, 0.25) is 17.8 Å². The second kappa shape index (κ2) is 8.97. The topological polar surface area (TPSA) is 100 Å². The number of rotatable bonds is 6. The van der Waals surface area contributed by atoms with Gasteiger partial charge >= 0.3 is 0 Å². The summed E-state index contributed by atoms with van der Waals surface area (Å²) in [6, 6.07) is 10.0. The zero-order valence-electron chi connectivity index (χ0n) is 16.8. The highest BCUT2D eigenvalue weighted by molar-refractivity contribution is 5.78. The van der Waals surface area contributed by atoms with Crippen molar-refractivity contribution in [2.75, 3.05) is 37.8 Å². The maximum absolute atomic E-state index is 12.5. The van der Waals surface area contributed by atoms with Crippen LogP contribution in [0.5, 0.6) is 0 Å². The van der Waals surface area contributed by atoms with Gasteiger partial charge in [0.05, 0.1) is 6.04 Å². The molecule has 3 N–H and O–H groups in total. The number of hydrogen-bond acceptors (Lipinski definition) is 7. The molecule has 1 fully saturated rings. The van der Waals surface area contributed by atoms with Crippen LogP contribution in [0.15, 0.2) is 30.3 Å². The Morgan fingerprint density at radius 3 is 2.54 bits per heavy atom. The van der Waals surface area contributed by atoms with Gasteiger partial charge in [-0.1, -0.05) is 30.3 Å². The van der Waals surface area contributed by atoms with Crippen molar-refractivity contribution in [2.24, 2.45) is 5.92 Å². The number of aromatic nitrogens is 3. The first-order chi connectivity index (χ1) is 13.4. The predicted molar refractivity (Wildman–Crippen MR) is 110 cm³/mol. The molecular formula is C20H29N7O. The van der Waals surface area contributed by atoms with Gasteiger partial charge in [0.15, 0.2) is 5.82 Å². The van der Waals surface area contributed by atoms with Gasteiger partial charge in [0.1, 0.15) is 0 Å². The Labute approximate surface area is 166 Å². The van der Waals surface area contributed by atoms with E-state index in [0.717, 1.165) is 31.5 Å². The molecule has 2 heterocycles. The Morgan fingerprint density at radius 2 is 1.89 bits per heavy atom. The molecule has 8 nitrogen and oxygen atoms in total. The van der Waals surface area contributed by atoms with Crippen LogP contribution in [0.25, 0.3) is 0 Å². The van der Waals surface area contributed by atoms with Crippen molar-refractivity contribution in [3.8, 4) is 0 Å². The number of anilines is 2. The SMILES string of the molecule is C[C@H](c1nc(N)nc(N(C)C)n1)N1CCC(C(=O)NCc2ccccc2)CC1. The summed E-state index contributed by atoms with van der Waals surface area (Å²) in [6.45, 7) is 4.30. The highest BCUT2D eigenvalue weighted by Crippen LogP contribution is 2.26. The summed E-state index contributed by atoms with van der Waals surface area (Å²) >= 11 is 0. The van der Waals surface area contributed by atoms with Crippen LogP contribution in [0.4, 0.5) is 11.9 Å². The van der Waals surface area contributed by atoms with E-state index < -0.39 is 0 Å². The molecule has 1 amide bonds. The first kappa shape index (κ1) is 20.0. The van der Waals surface area contributed by atoms with E-state index in [0.29, 0.717) is 18.3 Å². The van der Waals surface area contributed by atoms with Gasteiger partial charge in [-0.25, -0.2) is 0 Å². The lowest BCUT2D eigenvalue weighted by molar-refractivity contribution is -0.126. The summed E-state index contributed by atoms with van der Waals surface area (Å²) in [5.74, 6) is 1.65. The number of carbonyl (C=O) groups is 1. The molecular weight excluding hydrogens is 354 g/mol. The van der Waals surface area contributed by atoms with E-state index in [1.165, 1.54) is 0 Å². The Kier molecular flexibility index (Phi) is 6.41. The minimum Gasteiger partial charge on any atom is -0.368 e. The number of hydrogen-bond donors (Lipinski definition) is 2. The van der Waals surface area contributed by atoms with Gasteiger partial charge in [-0.3, -0.25) is 9.69 Å². The first-order valence-corrected chi connectivity index (χ1v) is 9.68. The third-order valence-electron chi connectivity index (χ3n) is 5.19. The molecule has 150 valence electrons. The number of nitrogen functional groups attached to an aromatic ring is 1. The molecule has 0 saturated carbocycles. The fourth-order valence-electron chi connectivity index (χ4n) is 3.43. The smallest absolute Gasteiger partial charge is 0.229 e. The number of piperidine rings is 1. The Morgan fingerprint density at radius 1 is 1.21 bits per heavy atom. The molecule has 1 atom stereocenters. The van der Waals surface area contributed by atoms with E-state index in [2.05, 4.69) is 32.1 Å². The van der Waals surface area contributed by atoms with E-state index in [1.807, 2.05) is 49.3 Å². The van der Waals surface area contributed by atoms with Crippen LogP contribution in [-0.4, -0.2) is 52.9 Å². The minimum absolute atomic E-state index is 0.0253. The van der Waals surface area contributed by atoms with Crippen LogP contribution in [-0.2, 0) is 11.3 Å². The highest BCUT2D eigenvalue weighted by Gasteiger charge is 2.29. The van der Waals surface area contributed by atoms with Crippen molar-refractivity contribution in [1.82, 2.24) is 25.2 Å². The van der Waals surface area contributed by atoms with Gasteiger partial charge in [0, 0.05) is 26.6 Å². The number of carbonyl (C=O) groups excluding carboxylic acids is 1. The summed E-state index contributed by atoms with van der Waals surface area (Å²) < 4.78 is 0. The lowest BCUT2D eigenvalue weighted by Gasteiger charge is -2.34. The lowest BCUT2D eigenvalue weighted by atomic mass is 9.95. The molecule has 0 unspecified atom stereocenters. The van der Waals surface area contributed by atoms with Crippen LogP contribution in [0, 0.1) is 5.92 Å². The Balaban J connectivity index is 1.54. The molecule has 2 aromatic rings. The predicted octanol–water partition coefficient (Wildman–Crippen LogP) is 1.61. The van der Waals surface area contributed by atoms with Crippen LogP contribution < -0.4 is 16.0 Å². The van der Waals surface area contributed by atoms with Gasteiger partial charge in [-0.2, -0.15) is 15.0 Å². The monoisotopic (exact) mass is 383 g/mol. The summed E-state index contributed by atoms with van der Waals surface area (Å²) in [7, 11) is 3.76. The molecule has 0 spiro atoms. The van der Waals surface area contributed by atoms with Crippen LogP contribution >= 0.6 is 0 Å². The van der Waals surface area contributed by atoms with Crippen molar-refractivity contribution in [3.63, 3.8) is 0 Å².